The first kappa shape index (κ1) is 16.9. The Morgan fingerprint density at radius 3 is 2.61 bits per heavy atom. The van der Waals surface area contributed by atoms with E-state index in [2.05, 4.69) is 10.6 Å². The molecular formula is C13H21ClN2O2. The van der Waals surface area contributed by atoms with Crippen molar-refractivity contribution in [1.82, 2.24) is 10.6 Å². The molecule has 0 unspecified atom stereocenters. The third kappa shape index (κ3) is 8.06. The van der Waals surface area contributed by atoms with E-state index in [4.69, 9.17) is 4.74 Å². The summed E-state index contributed by atoms with van der Waals surface area (Å²) >= 11 is 0. The zero-order valence-corrected chi connectivity index (χ0v) is 11.5. The molecule has 0 aromatic heterocycles. The van der Waals surface area contributed by atoms with Gasteiger partial charge in [-0.25, -0.2) is 0 Å². The third-order valence-electron chi connectivity index (χ3n) is 2.27. The van der Waals surface area contributed by atoms with Gasteiger partial charge in [-0.05, 0) is 25.6 Å². The molecule has 4 nitrogen and oxygen atoms in total. The number of halogens is 1. The van der Waals surface area contributed by atoms with Crippen LogP contribution in [0.15, 0.2) is 30.3 Å². The minimum Gasteiger partial charge on any atom is -0.367 e. The van der Waals surface area contributed by atoms with Crippen molar-refractivity contribution >= 4 is 18.3 Å². The summed E-state index contributed by atoms with van der Waals surface area (Å²) in [4.78, 5) is 11.3. The summed E-state index contributed by atoms with van der Waals surface area (Å²) in [6, 6.07) is 9.82. The Kier molecular flexibility index (Phi) is 10.3. The molecule has 0 spiro atoms. The average Bonchev–Trinajstić information content (AvgIpc) is 2.36. The number of carbonyl (C=O) groups excluding carboxylic acids is 1. The monoisotopic (exact) mass is 272 g/mol. The summed E-state index contributed by atoms with van der Waals surface area (Å²) < 4.78 is 5.31. The number of carbonyl (C=O) groups is 1. The molecule has 1 rings (SSSR count). The van der Waals surface area contributed by atoms with Crippen molar-refractivity contribution in [2.45, 2.75) is 13.0 Å². The number of amides is 1. The van der Waals surface area contributed by atoms with Crippen LogP contribution in [0.5, 0.6) is 0 Å². The molecule has 2 N–H and O–H groups in total. The van der Waals surface area contributed by atoms with Crippen molar-refractivity contribution in [3.63, 3.8) is 0 Å². The minimum absolute atomic E-state index is 0. The summed E-state index contributed by atoms with van der Waals surface area (Å²) in [6.07, 6.45) is 0.931. The lowest BCUT2D eigenvalue weighted by Crippen LogP contribution is -2.29. The Bertz CT molecular complexity index is 320. The summed E-state index contributed by atoms with van der Waals surface area (Å²) in [7, 11) is 1.89. The first-order chi connectivity index (χ1) is 8.33. The van der Waals surface area contributed by atoms with Gasteiger partial charge in [0.25, 0.3) is 0 Å². The van der Waals surface area contributed by atoms with Gasteiger partial charge in [-0.15, -0.1) is 12.4 Å². The summed E-state index contributed by atoms with van der Waals surface area (Å²) in [5, 5.41) is 5.82. The van der Waals surface area contributed by atoms with Crippen LogP contribution in [0.1, 0.15) is 12.0 Å². The van der Waals surface area contributed by atoms with Crippen LogP contribution in [-0.2, 0) is 16.1 Å². The topological polar surface area (TPSA) is 50.4 Å². The highest BCUT2D eigenvalue weighted by Crippen LogP contribution is 1.99. The molecule has 0 atom stereocenters. The number of hydrogen-bond acceptors (Lipinski definition) is 3. The van der Waals surface area contributed by atoms with Crippen LogP contribution in [0.25, 0.3) is 0 Å². The predicted octanol–water partition coefficient (Wildman–Crippen LogP) is 1.35. The van der Waals surface area contributed by atoms with Crippen LogP contribution in [0.2, 0.25) is 0 Å². The molecule has 102 valence electrons. The second-order valence-corrected chi connectivity index (χ2v) is 3.79. The maximum Gasteiger partial charge on any atom is 0.246 e. The van der Waals surface area contributed by atoms with Crippen LogP contribution in [-0.4, -0.2) is 32.7 Å². The number of ether oxygens (including phenoxy) is 1. The second kappa shape index (κ2) is 11.0. The van der Waals surface area contributed by atoms with Crippen molar-refractivity contribution in [2.24, 2.45) is 0 Å². The number of hydrogen-bond donors (Lipinski definition) is 2. The van der Waals surface area contributed by atoms with E-state index in [9.17, 15) is 4.79 Å². The lowest BCUT2D eigenvalue weighted by atomic mass is 10.2. The number of benzene rings is 1. The smallest absolute Gasteiger partial charge is 0.246 e. The SMILES string of the molecule is CNCCCNC(=O)COCc1ccccc1.Cl. The fourth-order valence-corrected chi connectivity index (χ4v) is 1.38. The summed E-state index contributed by atoms with van der Waals surface area (Å²) in [5.41, 5.74) is 1.08. The Balaban J connectivity index is 0.00000289. The van der Waals surface area contributed by atoms with Gasteiger partial charge in [0.1, 0.15) is 6.61 Å². The Labute approximate surface area is 115 Å². The third-order valence-corrected chi connectivity index (χ3v) is 2.27. The molecule has 18 heavy (non-hydrogen) atoms. The van der Waals surface area contributed by atoms with Crippen LogP contribution in [0.3, 0.4) is 0 Å². The normalized spacial score (nSPS) is 9.61. The van der Waals surface area contributed by atoms with Gasteiger partial charge < -0.3 is 15.4 Å². The van der Waals surface area contributed by atoms with Gasteiger partial charge in [0.05, 0.1) is 6.61 Å². The fraction of sp³-hybridized carbons (Fsp3) is 0.462. The Morgan fingerprint density at radius 1 is 1.22 bits per heavy atom. The van der Waals surface area contributed by atoms with Crippen molar-refractivity contribution in [1.29, 1.82) is 0 Å². The largest absolute Gasteiger partial charge is 0.367 e. The van der Waals surface area contributed by atoms with Gasteiger partial charge in [-0.1, -0.05) is 30.3 Å². The molecule has 1 aromatic carbocycles. The molecule has 5 heteroatoms. The highest BCUT2D eigenvalue weighted by molar-refractivity contribution is 5.85. The molecule has 0 aliphatic rings. The van der Waals surface area contributed by atoms with Crippen molar-refractivity contribution in [3.05, 3.63) is 35.9 Å². The Hall–Kier alpha value is -1.10. The van der Waals surface area contributed by atoms with Crippen LogP contribution in [0.4, 0.5) is 0 Å². The second-order valence-electron chi connectivity index (χ2n) is 3.79. The molecule has 0 aliphatic heterocycles. The average molecular weight is 273 g/mol. The quantitative estimate of drug-likeness (QED) is 0.703. The Morgan fingerprint density at radius 2 is 1.94 bits per heavy atom. The minimum atomic E-state index is -0.0583. The molecule has 0 bridgehead atoms. The first-order valence-electron chi connectivity index (χ1n) is 5.86. The van der Waals surface area contributed by atoms with E-state index in [1.807, 2.05) is 37.4 Å². The molecule has 0 fully saturated rings. The van der Waals surface area contributed by atoms with E-state index in [0.29, 0.717) is 13.2 Å². The highest BCUT2D eigenvalue weighted by Gasteiger charge is 2.00. The van der Waals surface area contributed by atoms with Crippen LogP contribution < -0.4 is 10.6 Å². The van der Waals surface area contributed by atoms with Gasteiger partial charge in [-0.2, -0.15) is 0 Å². The number of nitrogens with one attached hydrogen (secondary N) is 2. The molecule has 1 amide bonds. The van der Waals surface area contributed by atoms with Crippen molar-refractivity contribution < 1.29 is 9.53 Å². The van der Waals surface area contributed by atoms with Gasteiger partial charge in [0.15, 0.2) is 0 Å². The molecule has 0 saturated carbocycles. The molecule has 1 aromatic rings. The fourth-order valence-electron chi connectivity index (χ4n) is 1.38. The van der Waals surface area contributed by atoms with E-state index in [-0.39, 0.29) is 24.9 Å². The summed E-state index contributed by atoms with van der Waals surface area (Å²) in [5.74, 6) is -0.0583. The van der Waals surface area contributed by atoms with Gasteiger partial charge in [-0.3, -0.25) is 4.79 Å². The van der Waals surface area contributed by atoms with Crippen LogP contribution >= 0.6 is 12.4 Å². The van der Waals surface area contributed by atoms with Crippen molar-refractivity contribution in [2.75, 3.05) is 26.7 Å². The number of rotatable bonds is 8. The van der Waals surface area contributed by atoms with Gasteiger partial charge in [0, 0.05) is 6.54 Å². The summed E-state index contributed by atoms with van der Waals surface area (Å²) in [6.45, 7) is 2.19. The lowest BCUT2D eigenvalue weighted by Gasteiger charge is -2.06. The van der Waals surface area contributed by atoms with Crippen LogP contribution in [0, 0.1) is 0 Å². The lowest BCUT2D eigenvalue weighted by molar-refractivity contribution is -0.126. The molecule has 0 aliphatic carbocycles. The standard InChI is InChI=1S/C13H20N2O2.ClH/c1-14-8-5-9-15-13(16)11-17-10-12-6-3-2-4-7-12;/h2-4,6-7,14H,5,8-11H2,1H3,(H,15,16);1H. The maximum atomic E-state index is 11.3. The molecular weight excluding hydrogens is 252 g/mol. The first-order valence-corrected chi connectivity index (χ1v) is 5.86. The van der Waals surface area contributed by atoms with E-state index < -0.39 is 0 Å². The van der Waals surface area contributed by atoms with Gasteiger partial charge in [0.2, 0.25) is 5.91 Å². The molecule has 0 heterocycles. The highest BCUT2D eigenvalue weighted by atomic mass is 35.5. The molecule has 0 radical (unpaired) electrons. The zero-order valence-electron chi connectivity index (χ0n) is 10.6. The predicted molar refractivity (Wildman–Crippen MR) is 74.9 cm³/mol. The maximum absolute atomic E-state index is 11.3. The van der Waals surface area contributed by atoms with E-state index >= 15 is 0 Å². The van der Waals surface area contributed by atoms with E-state index in [0.717, 1.165) is 18.5 Å². The van der Waals surface area contributed by atoms with Crippen molar-refractivity contribution in [3.8, 4) is 0 Å². The molecule has 0 saturated heterocycles. The van der Waals surface area contributed by atoms with E-state index in [1.165, 1.54) is 0 Å². The van der Waals surface area contributed by atoms with Gasteiger partial charge >= 0.3 is 0 Å². The van der Waals surface area contributed by atoms with E-state index in [1.54, 1.807) is 0 Å². The zero-order chi connectivity index (χ0) is 12.3.